The molecule has 1 aliphatic carbocycles. The first-order valence-corrected chi connectivity index (χ1v) is 7.19. The molecule has 1 aliphatic rings. The number of aromatic nitrogens is 2. The van der Waals surface area contributed by atoms with E-state index < -0.39 is 0 Å². The van der Waals surface area contributed by atoms with E-state index >= 15 is 0 Å². The normalized spacial score (nSPS) is 15.6. The minimum atomic E-state index is 0.0152. The van der Waals surface area contributed by atoms with Crippen LogP contribution in [0.2, 0.25) is 0 Å². The maximum Gasteiger partial charge on any atom is 0.293 e. The second-order valence-electron chi connectivity index (χ2n) is 5.48. The molecule has 1 fully saturated rings. The van der Waals surface area contributed by atoms with Crippen molar-refractivity contribution < 1.29 is 0 Å². The molecule has 0 spiro atoms. The largest absolute Gasteiger partial charge is 0.349 e. The lowest BCUT2D eigenvalue weighted by Gasteiger charge is -2.38. The molecule has 1 saturated carbocycles. The van der Waals surface area contributed by atoms with Crippen LogP contribution < -0.4 is 16.2 Å². The van der Waals surface area contributed by atoms with Crippen molar-refractivity contribution in [2.45, 2.75) is 51.6 Å². The van der Waals surface area contributed by atoms with Gasteiger partial charge in [-0.25, -0.2) is 4.98 Å². The Morgan fingerprint density at radius 1 is 1.53 bits per heavy atom. The van der Waals surface area contributed by atoms with Crippen molar-refractivity contribution in [3.05, 3.63) is 22.7 Å². The van der Waals surface area contributed by atoms with Crippen molar-refractivity contribution >= 4 is 5.82 Å². The van der Waals surface area contributed by atoms with Gasteiger partial charge in [-0.3, -0.25) is 4.79 Å². The summed E-state index contributed by atoms with van der Waals surface area (Å²) in [5.41, 5.74) is 5.62. The van der Waals surface area contributed by atoms with E-state index in [2.05, 4.69) is 9.88 Å². The van der Waals surface area contributed by atoms with Crippen molar-refractivity contribution in [2.24, 2.45) is 5.73 Å². The monoisotopic (exact) mass is 264 g/mol. The fourth-order valence-corrected chi connectivity index (χ4v) is 2.44. The summed E-state index contributed by atoms with van der Waals surface area (Å²) < 4.78 is 1.75. The molecule has 0 bridgehead atoms. The molecule has 0 amide bonds. The van der Waals surface area contributed by atoms with Gasteiger partial charge in [-0.05, 0) is 46.1 Å². The predicted molar refractivity (Wildman–Crippen MR) is 77.5 cm³/mol. The van der Waals surface area contributed by atoms with Crippen LogP contribution in [0.15, 0.2) is 17.2 Å². The minimum absolute atomic E-state index is 0.0152. The van der Waals surface area contributed by atoms with Crippen LogP contribution in [0.5, 0.6) is 0 Å². The van der Waals surface area contributed by atoms with E-state index in [1.807, 2.05) is 13.8 Å². The minimum Gasteiger partial charge on any atom is -0.349 e. The first-order valence-electron chi connectivity index (χ1n) is 7.19. The second kappa shape index (κ2) is 6.19. The van der Waals surface area contributed by atoms with E-state index in [4.69, 9.17) is 5.73 Å². The van der Waals surface area contributed by atoms with Crippen LogP contribution >= 0.6 is 0 Å². The van der Waals surface area contributed by atoms with E-state index in [1.54, 1.807) is 17.0 Å². The number of nitrogens with two attached hydrogens (primary N) is 1. The molecule has 1 aromatic rings. The Hall–Kier alpha value is -1.36. The Kier molecular flexibility index (Phi) is 4.58. The molecule has 106 valence electrons. The Balaban J connectivity index is 2.30. The molecule has 19 heavy (non-hydrogen) atoms. The van der Waals surface area contributed by atoms with E-state index in [9.17, 15) is 4.79 Å². The Labute approximate surface area is 114 Å². The van der Waals surface area contributed by atoms with Crippen molar-refractivity contribution in [1.82, 2.24) is 9.55 Å². The zero-order chi connectivity index (χ0) is 13.8. The van der Waals surface area contributed by atoms with Gasteiger partial charge in [0.15, 0.2) is 5.82 Å². The smallest absolute Gasteiger partial charge is 0.293 e. The van der Waals surface area contributed by atoms with Crippen LogP contribution in [0.25, 0.3) is 0 Å². The molecule has 0 atom stereocenters. The van der Waals surface area contributed by atoms with E-state index in [1.165, 1.54) is 6.42 Å². The van der Waals surface area contributed by atoms with Crippen LogP contribution in [-0.4, -0.2) is 28.7 Å². The van der Waals surface area contributed by atoms with Gasteiger partial charge >= 0.3 is 0 Å². The molecule has 0 aliphatic heterocycles. The standard InChI is InChI=1S/C14H24N4O/c1-11(2)17-10-8-16-13(14(17)19)18(9-4-7-15)12-5-3-6-12/h8,10-12H,3-7,9,15H2,1-2H3. The van der Waals surface area contributed by atoms with Gasteiger partial charge in [-0.15, -0.1) is 0 Å². The molecule has 1 heterocycles. The second-order valence-corrected chi connectivity index (χ2v) is 5.48. The van der Waals surface area contributed by atoms with Crippen LogP contribution in [0.1, 0.15) is 45.6 Å². The summed E-state index contributed by atoms with van der Waals surface area (Å²) in [5.74, 6) is 0.592. The quantitative estimate of drug-likeness (QED) is 0.846. The molecule has 2 N–H and O–H groups in total. The Bertz CT molecular complexity index is 465. The molecule has 1 aromatic heterocycles. The van der Waals surface area contributed by atoms with Gasteiger partial charge < -0.3 is 15.2 Å². The summed E-state index contributed by atoms with van der Waals surface area (Å²) in [6, 6.07) is 0.627. The summed E-state index contributed by atoms with van der Waals surface area (Å²) >= 11 is 0. The van der Waals surface area contributed by atoms with Gasteiger partial charge in [0.25, 0.3) is 5.56 Å². The molecule has 0 aromatic carbocycles. The summed E-state index contributed by atoms with van der Waals surface area (Å²) in [7, 11) is 0. The highest BCUT2D eigenvalue weighted by atomic mass is 16.1. The molecule has 2 rings (SSSR count). The summed E-state index contributed by atoms with van der Waals surface area (Å²) in [4.78, 5) is 19.0. The van der Waals surface area contributed by atoms with Gasteiger partial charge in [-0.1, -0.05) is 0 Å². The maximum atomic E-state index is 12.5. The molecule has 0 saturated heterocycles. The first-order chi connectivity index (χ1) is 9.15. The third-order valence-electron chi connectivity index (χ3n) is 3.80. The third kappa shape index (κ3) is 2.97. The van der Waals surface area contributed by atoms with Gasteiger partial charge in [0.2, 0.25) is 0 Å². The third-order valence-corrected chi connectivity index (χ3v) is 3.80. The molecule has 0 unspecified atom stereocenters. The maximum absolute atomic E-state index is 12.5. The number of hydrogen-bond acceptors (Lipinski definition) is 4. The molecular formula is C14H24N4O. The lowest BCUT2D eigenvalue weighted by molar-refractivity contribution is 0.380. The Morgan fingerprint density at radius 2 is 2.26 bits per heavy atom. The fraction of sp³-hybridized carbons (Fsp3) is 0.714. The van der Waals surface area contributed by atoms with Crippen molar-refractivity contribution in [3.8, 4) is 0 Å². The van der Waals surface area contributed by atoms with Crippen LogP contribution in [-0.2, 0) is 0 Å². The number of nitrogens with zero attached hydrogens (tertiary/aromatic N) is 3. The average Bonchev–Trinajstić information content (AvgIpc) is 2.32. The van der Waals surface area contributed by atoms with E-state index in [0.717, 1.165) is 25.8 Å². The van der Waals surface area contributed by atoms with Crippen molar-refractivity contribution in [2.75, 3.05) is 18.0 Å². The van der Waals surface area contributed by atoms with Crippen LogP contribution in [0.3, 0.4) is 0 Å². The van der Waals surface area contributed by atoms with Gasteiger partial charge in [-0.2, -0.15) is 0 Å². The SMILES string of the molecule is CC(C)n1ccnc(N(CCCN)C2CCC2)c1=O. The lowest BCUT2D eigenvalue weighted by atomic mass is 9.91. The predicted octanol–water partition coefficient (Wildman–Crippen LogP) is 1.53. The zero-order valence-corrected chi connectivity index (χ0v) is 11.9. The average molecular weight is 264 g/mol. The zero-order valence-electron chi connectivity index (χ0n) is 11.9. The summed E-state index contributed by atoms with van der Waals surface area (Å²) in [6.45, 7) is 5.50. The fourth-order valence-electron chi connectivity index (χ4n) is 2.44. The van der Waals surface area contributed by atoms with Crippen LogP contribution in [0.4, 0.5) is 5.82 Å². The van der Waals surface area contributed by atoms with Gasteiger partial charge in [0.05, 0.1) is 0 Å². The molecular weight excluding hydrogens is 240 g/mol. The van der Waals surface area contributed by atoms with E-state index in [0.29, 0.717) is 18.4 Å². The number of rotatable bonds is 6. The van der Waals surface area contributed by atoms with Crippen molar-refractivity contribution in [3.63, 3.8) is 0 Å². The van der Waals surface area contributed by atoms with E-state index in [-0.39, 0.29) is 11.6 Å². The number of hydrogen-bond donors (Lipinski definition) is 1. The first kappa shape index (κ1) is 14.1. The number of anilines is 1. The highest BCUT2D eigenvalue weighted by molar-refractivity contribution is 5.38. The Morgan fingerprint density at radius 3 is 2.79 bits per heavy atom. The van der Waals surface area contributed by atoms with Crippen molar-refractivity contribution in [1.29, 1.82) is 0 Å². The molecule has 5 nitrogen and oxygen atoms in total. The topological polar surface area (TPSA) is 64.2 Å². The van der Waals surface area contributed by atoms with Gasteiger partial charge in [0, 0.05) is 31.0 Å². The molecule has 5 heteroatoms. The molecule has 0 radical (unpaired) electrons. The highest BCUT2D eigenvalue weighted by Crippen LogP contribution is 2.27. The summed E-state index contributed by atoms with van der Waals surface area (Å²) in [6.07, 6.45) is 7.94. The highest BCUT2D eigenvalue weighted by Gasteiger charge is 2.27. The lowest BCUT2D eigenvalue weighted by Crippen LogP contribution is -2.45. The summed E-state index contributed by atoms with van der Waals surface area (Å²) in [5, 5.41) is 0. The van der Waals surface area contributed by atoms with Gasteiger partial charge in [0.1, 0.15) is 0 Å². The van der Waals surface area contributed by atoms with Crippen LogP contribution in [0, 0.1) is 0 Å².